The monoisotopic (exact) mass is 470 g/mol. The Morgan fingerprint density at radius 1 is 1.18 bits per heavy atom. The molecule has 3 N–H and O–H groups in total. The summed E-state index contributed by atoms with van der Waals surface area (Å²) < 4.78 is 10.9. The van der Waals surface area contributed by atoms with E-state index in [1.54, 1.807) is 14.2 Å². The average Bonchev–Trinajstić information content (AvgIpc) is 3.67. The summed E-state index contributed by atoms with van der Waals surface area (Å²) in [7, 11) is 3.16. The number of aromatic nitrogens is 2. The van der Waals surface area contributed by atoms with Gasteiger partial charge in [0.15, 0.2) is 0 Å². The van der Waals surface area contributed by atoms with E-state index in [9.17, 15) is 9.90 Å². The molecule has 0 spiro atoms. The molecule has 33 heavy (non-hydrogen) atoms. The Labute approximate surface area is 197 Å². The number of ether oxygens (including phenoxy) is 2. The lowest BCUT2D eigenvalue weighted by molar-refractivity contribution is -0.122. The molecule has 0 unspecified atom stereocenters. The van der Waals surface area contributed by atoms with Crippen molar-refractivity contribution in [2.75, 3.05) is 26.1 Å². The second kappa shape index (κ2) is 10.2. The summed E-state index contributed by atoms with van der Waals surface area (Å²) in [5, 5.41) is 17.3. The number of methoxy groups -OCH3 is 2. The summed E-state index contributed by atoms with van der Waals surface area (Å²) in [6.45, 7) is 0.765. The average molecular weight is 471 g/mol. The van der Waals surface area contributed by atoms with Gasteiger partial charge in [-0.2, -0.15) is 0 Å². The number of anilines is 1. The molecule has 1 saturated carbocycles. The summed E-state index contributed by atoms with van der Waals surface area (Å²) in [5.41, 5.74) is 3.26. The molecule has 3 aromatic rings. The van der Waals surface area contributed by atoms with Gasteiger partial charge in [0.1, 0.15) is 23.6 Å². The van der Waals surface area contributed by atoms with Gasteiger partial charge in [0, 0.05) is 48.5 Å². The number of nitrogens with one attached hydrogen (secondary N) is 2. The van der Waals surface area contributed by atoms with Crippen molar-refractivity contribution < 1.29 is 19.4 Å². The maximum Gasteiger partial charge on any atom is 0.223 e. The van der Waals surface area contributed by atoms with Gasteiger partial charge in [-0.3, -0.25) is 4.79 Å². The molecule has 0 aliphatic heterocycles. The topological polar surface area (TPSA) is 106 Å². The lowest BCUT2D eigenvalue weighted by Gasteiger charge is -2.18. The van der Waals surface area contributed by atoms with E-state index in [1.165, 1.54) is 6.33 Å². The van der Waals surface area contributed by atoms with Crippen LogP contribution in [0.15, 0.2) is 30.6 Å². The van der Waals surface area contributed by atoms with Gasteiger partial charge >= 0.3 is 0 Å². The van der Waals surface area contributed by atoms with Crippen molar-refractivity contribution in [1.29, 1.82) is 0 Å². The van der Waals surface area contributed by atoms with Gasteiger partial charge in [-0.15, -0.1) is 0 Å². The maximum absolute atomic E-state index is 12.2. The van der Waals surface area contributed by atoms with Crippen LogP contribution in [0.4, 0.5) is 5.82 Å². The second-order valence-corrected chi connectivity index (χ2v) is 8.36. The van der Waals surface area contributed by atoms with Crippen molar-refractivity contribution in [1.82, 2.24) is 15.3 Å². The van der Waals surface area contributed by atoms with Crippen molar-refractivity contribution in [2.24, 2.45) is 5.92 Å². The summed E-state index contributed by atoms with van der Waals surface area (Å²) in [6.07, 6.45) is 3.73. The van der Waals surface area contributed by atoms with Gasteiger partial charge in [-0.05, 0) is 36.6 Å². The number of benzene rings is 2. The lowest BCUT2D eigenvalue weighted by atomic mass is 10.0. The molecule has 1 aliphatic carbocycles. The molecule has 0 atom stereocenters. The molecule has 1 fully saturated rings. The molecule has 0 saturated heterocycles. The number of halogens is 1. The number of carbonyl (C=O) groups excluding carboxylic acids is 1. The fraction of sp³-hybridized carbons (Fsp3) is 0.375. The minimum atomic E-state index is -0.0551. The van der Waals surface area contributed by atoms with Crippen LogP contribution < -0.4 is 20.1 Å². The third-order valence-electron chi connectivity index (χ3n) is 5.70. The Kier molecular flexibility index (Phi) is 7.15. The van der Waals surface area contributed by atoms with Crippen LogP contribution in [0.3, 0.4) is 0 Å². The van der Waals surface area contributed by atoms with E-state index in [-0.39, 0.29) is 18.4 Å². The zero-order chi connectivity index (χ0) is 23.4. The standard InChI is InChI=1S/C24H27ClN4O4/c1-32-20-6-3-14(9-19(20)25)11-26-23-18-10-16(12-27-24(31)15-4-5-15)22(33-2)17(7-8-30)21(18)28-13-29-23/h3,6,9-10,13,15,30H,4-5,7-8,11-12H2,1-2H3,(H,27,31)(H,26,28,29). The molecule has 9 heteroatoms. The van der Waals surface area contributed by atoms with Gasteiger partial charge in [-0.25, -0.2) is 9.97 Å². The van der Waals surface area contributed by atoms with Gasteiger partial charge in [0.25, 0.3) is 0 Å². The third-order valence-corrected chi connectivity index (χ3v) is 5.99. The second-order valence-electron chi connectivity index (χ2n) is 7.95. The van der Waals surface area contributed by atoms with Crippen LogP contribution in [0.2, 0.25) is 5.02 Å². The van der Waals surface area contributed by atoms with Crippen molar-refractivity contribution in [3.05, 3.63) is 52.3 Å². The third kappa shape index (κ3) is 5.12. The summed E-state index contributed by atoms with van der Waals surface area (Å²) >= 11 is 6.25. The van der Waals surface area contributed by atoms with Crippen LogP contribution >= 0.6 is 11.6 Å². The first-order valence-electron chi connectivity index (χ1n) is 10.8. The highest BCUT2D eigenvalue weighted by molar-refractivity contribution is 6.32. The minimum Gasteiger partial charge on any atom is -0.496 e. The van der Waals surface area contributed by atoms with Crippen LogP contribution in [0, 0.1) is 5.92 Å². The van der Waals surface area contributed by atoms with Gasteiger partial charge in [0.2, 0.25) is 5.91 Å². The molecule has 1 aromatic heterocycles. The predicted octanol–water partition coefficient (Wildman–Crippen LogP) is 3.47. The van der Waals surface area contributed by atoms with Crippen LogP contribution in [0.1, 0.15) is 29.5 Å². The largest absolute Gasteiger partial charge is 0.496 e. The normalized spacial score (nSPS) is 13.1. The fourth-order valence-electron chi connectivity index (χ4n) is 3.86. The summed E-state index contributed by atoms with van der Waals surface area (Å²) in [5.74, 6) is 2.06. The van der Waals surface area contributed by atoms with E-state index in [2.05, 4.69) is 20.6 Å². The number of carbonyl (C=O) groups is 1. The molecule has 1 heterocycles. The number of aliphatic hydroxyl groups excluding tert-OH is 1. The Morgan fingerprint density at radius 2 is 2.00 bits per heavy atom. The van der Waals surface area contributed by atoms with Crippen LogP contribution in [0.25, 0.3) is 10.9 Å². The van der Waals surface area contributed by atoms with E-state index in [0.717, 1.165) is 34.9 Å². The quantitative estimate of drug-likeness (QED) is 0.416. The number of hydrogen-bond acceptors (Lipinski definition) is 7. The SMILES string of the molecule is COc1ccc(CNc2ncnc3c(CCO)c(OC)c(CNC(=O)C4CC4)cc23)cc1Cl. The van der Waals surface area contributed by atoms with E-state index in [1.807, 2.05) is 24.3 Å². The molecule has 8 nitrogen and oxygen atoms in total. The molecule has 1 aliphatic rings. The highest BCUT2D eigenvalue weighted by atomic mass is 35.5. The highest BCUT2D eigenvalue weighted by Gasteiger charge is 2.29. The van der Waals surface area contributed by atoms with E-state index in [4.69, 9.17) is 21.1 Å². The van der Waals surface area contributed by atoms with Crippen molar-refractivity contribution >= 4 is 34.2 Å². The van der Waals surface area contributed by atoms with E-state index >= 15 is 0 Å². The first kappa shape index (κ1) is 23.1. The zero-order valence-corrected chi connectivity index (χ0v) is 19.4. The molecule has 0 bridgehead atoms. The van der Waals surface area contributed by atoms with Crippen molar-refractivity contribution in [3.8, 4) is 11.5 Å². The maximum atomic E-state index is 12.2. The Bertz CT molecular complexity index is 1170. The zero-order valence-electron chi connectivity index (χ0n) is 18.7. The number of nitrogens with zero attached hydrogens (tertiary/aromatic N) is 2. The molecule has 2 aromatic carbocycles. The van der Waals surface area contributed by atoms with Gasteiger partial charge < -0.3 is 25.2 Å². The molecule has 0 radical (unpaired) electrons. The molecular formula is C24H27ClN4O4. The Morgan fingerprint density at radius 3 is 2.67 bits per heavy atom. The number of rotatable bonds is 10. The Hall–Kier alpha value is -3.10. The first-order valence-corrected chi connectivity index (χ1v) is 11.2. The van der Waals surface area contributed by atoms with Crippen LogP contribution in [0.5, 0.6) is 11.5 Å². The number of hydrogen-bond donors (Lipinski definition) is 3. The first-order chi connectivity index (χ1) is 16.0. The highest BCUT2D eigenvalue weighted by Crippen LogP contribution is 2.35. The minimum absolute atomic E-state index is 0.0551. The molecule has 4 rings (SSSR count). The van der Waals surface area contributed by atoms with Gasteiger partial charge in [0.05, 0.1) is 24.8 Å². The van der Waals surface area contributed by atoms with E-state index < -0.39 is 0 Å². The van der Waals surface area contributed by atoms with Crippen molar-refractivity contribution in [2.45, 2.75) is 32.4 Å². The van der Waals surface area contributed by atoms with Gasteiger partial charge in [-0.1, -0.05) is 17.7 Å². The number of fused-ring (bicyclic) bond motifs is 1. The molecule has 174 valence electrons. The Balaban J connectivity index is 1.67. The van der Waals surface area contributed by atoms with Crippen LogP contribution in [-0.4, -0.2) is 41.8 Å². The lowest BCUT2D eigenvalue weighted by Crippen LogP contribution is -2.24. The fourth-order valence-corrected chi connectivity index (χ4v) is 4.14. The molecular weight excluding hydrogens is 444 g/mol. The van der Waals surface area contributed by atoms with E-state index in [0.29, 0.717) is 47.4 Å². The smallest absolute Gasteiger partial charge is 0.223 e. The summed E-state index contributed by atoms with van der Waals surface area (Å²) in [6, 6.07) is 7.53. The summed E-state index contributed by atoms with van der Waals surface area (Å²) in [4.78, 5) is 21.1. The van der Waals surface area contributed by atoms with Crippen molar-refractivity contribution in [3.63, 3.8) is 0 Å². The molecule has 1 amide bonds. The number of amides is 1. The predicted molar refractivity (Wildman–Crippen MR) is 127 cm³/mol. The number of aliphatic hydroxyl groups is 1. The van der Waals surface area contributed by atoms with Crippen LogP contribution in [-0.2, 0) is 24.3 Å².